The first-order chi connectivity index (χ1) is 15.8. The van der Waals surface area contributed by atoms with Crippen molar-refractivity contribution in [2.75, 3.05) is 12.0 Å². The highest BCUT2D eigenvalue weighted by Gasteiger charge is 2.39. The summed E-state index contributed by atoms with van der Waals surface area (Å²) < 4.78 is 48.7. The molecular formula is C24H17FN2O5S. The summed E-state index contributed by atoms with van der Waals surface area (Å²) in [5.74, 6) is -2.67. The molecule has 2 heterocycles. The second-order valence-electron chi connectivity index (χ2n) is 7.58. The van der Waals surface area contributed by atoms with Crippen molar-refractivity contribution in [3.8, 4) is 5.75 Å². The quantitative estimate of drug-likeness (QED) is 0.424. The number of hydrogen-bond acceptors (Lipinski definition) is 5. The number of hydrogen-bond donors (Lipinski definition) is 0. The molecule has 5 rings (SSSR count). The number of halogens is 1. The van der Waals surface area contributed by atoms with Crippen molar-refractivity contribution in [2.45, 2.75) is 11.8 Å². The fourth-order valence-electron chi connectivity index (χ4n) is 4.08. The summed E-state index contributed by atoms with van der Waals surface area (Å²) in [6.45, 7) is 1.78. The van der Waals surface area contributed by atoms with Gasteiger partial charge in [-0.05, 0) is 36.8 Å². The van der Waals surface area contributed by atoms with E-state index in [9.17, 15) is 18.0 Å². The lowest BCUT2D eigenvalue weighted by atomic mass is 10.1. The summed E-state index contributed by atoms with van der Waals surface area (Å²) in [6, 6.07) is 14.9. The highest BCUT2D eigenvalue weighted by molar-refractivity contribution is 7.90. The maximum Gasteiger partial charge on any atom is 0.271 e. The molecule has 3 aromatic carbocycles. The van der Waals surface area contributed by atoms with Crippen LogP contribution >= 0.6 is 0 Å². The maximum atomic E-state index is 15.1. The number of aryl methyl sites for hydroxylation is 1. The van der Waals surface area contributed by atoms with Crippen LogP contribution in [0.15, 0.2) is 71.8 Å². The summed E-state index contributed by atoms with van der Waals surface area (Å²) in [7, 11) is -3.07. The molecule has 1 aromatic heterocycles. The van der Waals surface area contributed by atoms with Crippen LogP contribution in [0.2, 0.25) is 0 Å². The van der Waals surface area contributed by atoms with Crippen molar-refractivity contribution in [3.05, 3.63) is 89.4 Å². The number of anilines is 1. The molecule has 4 aromatic rings. The van der Waals surface area contributed by atoms with Gasteiger partial charge >= 0.3 is 0 Å². The van der Waals surface area contributed by atoms with Crippen LogP contribution in [0.4, 0.5) is 10.1 Å². The number of fused-ring (bicyclic) bond motifs is 2. The molecule has 7 nitrogen and oxygen atoms in total. The third kappa shape index (κ3) is 2.96. The number of para-hydroxylation sites is 1. The van der Waals surface area contributed by atoms with Crippen LogP contribution in [0.5, 0.6) is 5.75 Å². The lowest BCUT2D eigenvalue weighted by Gasteiger charge is -2.18. The summed E-state index contributed by atoms with van der Waals surface area (Å²) in [5.41, 5.74) is 0.941. The molecular weight excluding hydrogens is 447 g/mol. The summed E-state index contributed by atoms with van der Waals surface area (Å²) in [6.07, 6.45) is 1.46. The lowest BCUT2D eigenvalue weighted by Crippen LogP contribution is -2.30. The van der Waals surface area contributed by atoms with Crippen LogP contribution in [0, 0.1) is 12.7 Å². The fourth-order valence-corrected chi connectivity index (χ4v) is 5.67. The Morgan fingerprint density at radius 3 is 2.15 bits per heavy atom. The van der Waals surface area contributed by atoms with E-state index in [0.717, 1.165) is 27.1 Å². The minimum atomic E-state index is -4.28. The van der Waals surface area contributed by atoms with Crippen LogP contribution in [0.1, 0.15) is 26.3 Å². The third-order valence-electron chi connectivity index (χ3n) is 5.68. The molecule has 0 atom stereocenters. The molecule has 1 aliphatic rings. The molecule has 33 heavy (non-hydrogen) atoms. The van der Waals surface area contributed by atoms with Crippen molar-refractivity contribution >= 4 is 38.4 Å². The maximum absolute atomic E-state index is 15.1. The van der Waals surface area contributed by atoms with Crippen molar-refractivity contribution < 1.29 is 27.1 Å². The molecule has 1 aliphatic heterocycles. The smallest absolute Gasteiger partial charge is 0.271 e. The first-order valence-corrected chi connectivity index (χ1v) is 11.4. The number of rotatable bonds is 4. The van der Waals surface area contributed by atoms with Gasteiger partial charge in [-0.3, -0.25) is 9.59 Å². The SMILES string of the molecule is COc1cc(F)c(N2C(=O)c3ccccc3C2=O)cc1S(=O)(=O)n1cc(C)c2ccccc21. The van der Waals surface area contributed by atoms with E-state index < -0.39 is 33.3 Å². The molecule has 2 amide bonds. The van der Waals surface area contributed by atoms with Gasteiger partial charge in [-0.2, -0.15) is 0 Å². The second kappa shape index (κ2) is 7.28. The Morgan fingerprint density at radius 2 is 1.52 bits per heavy atom. The van der Waals surface area contributed by atoms with E-state index in [1.807, 2.05) is 0 Å². The average molecular weight is 464 g/mol. The fraction of sp³-hybridized carbons (Fsp3) is 0.0833. The number of benzene rings is 3. The Balaban J connectivity index is 1.72. The summed E-state index contributed by atoms with van der Waals surface area (Å²) in [5, 5.41) is 0.739. The van der Waals surface area contributed by atoms with Gasteiger partial charge in [0.15, 0.2) is 5.82 Å². The zero-order valence-electron chi connectivity index (χ0n) is 17.6. The highest BCUT2D eigenvalue weighted by atomic mass is 32.2. The van der Waals surface area contributed by atoms with Gasteiger partial charge in [-0.15, -0.1) is 0 Å². The number of methoxy groups -OCH3 is 1. The molecule has 9 heteroatoms. The van der Waals surface area contributed by atoms with Crippen LogP contribution in [-0.2, 0) is 10.0 Å². The highest BCUT2D eigenvalue weighted by Crippen LogP contribution is 2.37. The summed E-state index contributed by atoms with van der Waals surface area (Å²) in [4.78, 5) is 26.0. The first kappa shape index (κ1) is 20.9. The van der Waals surface area contributed by atoms with Crippen molar-refractivity contribution in [1.82, 2.24) is 3.97 Å². The third-order valence-corrected chi connectivity index (χ3v) is 7.38. The molecule has 0 N–H and O–H groups in total. The summed E-state index contributed by atoms with van der Waals surface area (Å²) >= 11 is 0. The zero-order valence-corrected chi connectivity index (χ0v) is 18.4. The largest absolute Gasteiger partial charge is 0.495 e. The van der Waals surface area contributed by atoms with Crippen LogP contribution in [0.25, 0.3) is 10.9 Å². The minimum absolute atomic E-state index is 0.120. The minimum Gasteiger partial charge on any atom is -0.495 e. The Bertz CT molecular complexity index is 1550. The molecule has 0 aliphatic carbocycles. The Labute approximate surface area is 188 Å². The van der Waals surface area contributed by atoms with E-state index in [-0.39, 0.29) is 21.8 Å². The molecule has 0 radical (unpaired) electrons. The molecule has 0 fully saturated rings. The first-order valence-electron chi connectivity index (χ1n) is 9.93. The van der Waals surface area contributed by atoms with E-state index in [1.165, 1.54) is 25.4 Å². The number of carbonyl (C=O) groups is 2. The monoisotopic (exact) mass is 464 g/mol. The van der Waals surface area contributed by atoms with Gasteiger partial charge in [0.1, 0.15) is 10.6 Å². The number of imide groups is 1. The Kier molecular flexibility index (Phi) is 4.61. The zero-order chi connectivity index (χ0) is 23.5. The number of aromatic nitrogens is 1. The molecule has 0 spiro atoms. The van der Waals surface area contributed by atoms with Gasteiger partial charge < -0.3 is 4.74 Å². The van der Waals surface area contributed by atoms with Crippen molar-refractivity contribution in [2.24, 2.45) is 0 Å². The van der Waals surface area contributed by atoms with E-state index in [0.29, 0.717) is 10.4 Å². The van der Waals surface area contributed by atoms with Crippen LogP contribution in [0.3, 0.4) is 0 Å². The Hall–Kier alpha value is -3.98. The molecule has 0 saturated heterocycles. The van der Waals surface area contributed by atoms with Gasteiger partial charge in [0.2, 0.25) is 0 Å². The van der Waals surface area contributed by atoms with Gasteiger partial charge in [0.05, 0.1) is 29.4 Å². The Morgan fingerprint density at radius 1 is 0.909 bits per heavy atom. The molecule has 0 unspecified atom stereocenters. The number of ether oxygens (including phenoxy) is 1. The number of carbonyl (C=O) groups excluding carboxylic acids is 2. The second-order valence-corrected chi connectivity index (χ2v) is 9.36. The van der Waals surface area contributed by atoms with E-state index >= 15 is 4.39 Å². The van der Waals surface area contributed by atoms with Crippen LogP contribution in [-0.4, -0.2) is 31.3 Å². The van der Waals surface area contributed by atoms with Crippen LogP contribution < -0.4 is 9.64 Å². The van der Waals surface area contributed by atoms with Crippen molar-refractivity contribution in [1.29, 1.82) is 0 Å². The predicted octanol–water partition coefficient (Wildman–Crippen LogP) is 4.14. The normalized spacial score (nSPS) is 13.6. The standard InChI is InChI=1S/C24H17FN2O5S/c1-14-13-26(19-10-6-5-7-15(14)19)33(30,31)22-12-20(18(25)11-21(22)32-2)27-23(28)16-8-3-4-9-17(16)24(27)29/h3-13H,1-2H3. The van der Waals surface area contributed by atoms with Gasteiger partial charge in [0, 0.05) is 17.6 Å². The topological polar surface area (TPSA) is 85.7 Å². The lowest BCUT2D eigenvalue weighted by molar-refractivity contribution is 0.0924. The van der Waals surface area contributed by atoms with Gasteiger partial charge in [-0.25, -0.2) is 21.7 Å². The molecule has 0 saturated carbocycles. The molecule has 0 bridgehead atoms. The number of nitrogens with zero attached hydrogens (tertiary/aromatic N) is 2. The van der Waals surface area contributed by atoms with Crippen molar-refractivity contribution in [3.63, 3.8) is 0 Å². The van der Waals surface area contributed by atoms with E-state index in [2.05, 4.69) is 0 Å². The predicted molar refractivity (Wildman–Crippen MR) is 120 cm³/mol. The molecule has 166 valence electrons. The number of amides is 2. The van der Waals surface area contributed by atoms with Gasteiger partial charge in [-0.1, -0.05) is 30.3 Å². The van der Waals surface area contributed by atoms with Gasteiger partial charge in [0.25, 0.3) is 21.8 Å². The van der Waals surface area contributed by atoms with E-state index in [4.69, 9.17) is 4.74 Å². The van der Waals surface area contributed by atoms with E-state index in [1.54, 1.807) is 43.3 Å². The average Bonchev–Trinajstić information content (AvgIpc) is 3.29.